The van der Waals surface area contributed by atoms with Gasteiger partial charge < -0.3 is 18.6 Å². The third-order valence-corrected chi connectivity index (χ3v) is 8.95. The van der Waals surface area contributed by atoms with E-state index in [1.165, 1.54) is 13.8 Å². The lowest BCUT2D eigenvalue weighted by molar-refractivity contribution is -0.161. The molecule has 1 heterocycles. The van der Waals surface area contributed by atoms with Crippen LogP contribution >= 0.6 is 0 Å². The molecular weight excluding hydrogens is 352 g/mol. The molecule has 0 aromatic rings. The fraction of sp³-hybridized carbons (Fsp3) is 0.684. The molecular formula is C19H30O6Si. The first-order valence-electron chi connectivity index (χ1n) is 8.69. The van der Waals surface area contributed by atoms with E-state index in [1.54, 1.807) is 12.2 Å². The van der Waals surface area contributed by atoms with Gasteiger partial charge in [0, 0.05) is 13.8 Å². The van der Waals surface area contributed by atoms with Gasteiger partial charge in [-0.1, -0.05) is 32.6 Å². The van der Waals surface area contributed by atoms with E-state index in [1.807, 2.05) is 0 Å². The van der Waals surface area contributed by atoms with Gasteiger partial charge in [0.2, 0.25) is 0 Å². The Balaban J connectivity index is 2.68. The Morgan fingerprint density at radius 2 is 1.81 bits per heavy atom. The molecule has 1 rings (SSSR count). The van der Waals surface area contributed by atoms with Crippen molar-refractivity contribution in [3.05, 3.63) is 12.2 Å². The van der Waals surface area contributed by atoms with Crippen LogP contribution in [0.1, 0.15) is 34.6 Å². The van der Waals surface area contributed by atoms with Crippen LogP contribution in [0.5, 0.6) is 0 Å². The van der Waals surface area contributed by atoms with Gasteiger partial charge in [-0.2, -0.15) is 0 Å². The topological polar surface area (TPSA) is 71.1 Å². The van der Waals surface area contributed by atoms with Crippen molar-refractivity contribution in [2.75, 3.05) is 13.2 Å². The van der Waals surface area contributed by atoms with Crippen LogP contribution < -0.4 is 0 Å². The van der Waals surface area contributed by atoms with Crippen molar-refractivity contribution >= 4 is 20.3 Å². The number of carbonyl (C=O) groups excluding carboxylic acids is 2. The van der Waals surface area contributed by atoms with Gasteiger partial charge in [0.15, 0.2) is 8.32 Å². The molecule has 26 heavy (non-hydrogen) atoms. The van der Waals surface area contributed by atoms with Gasteiger partial charge in [0.05, 0.1) is 6.61 Å². The van der Waals surface area contributed by atoms with Gasteiger partial charge in [0.1, 0.15) is 24.9 Å². The van der Waals surface area contributed by atoms with Crippen LogP contribution in [-0.2, 0) is 28.2 Å². The van der Waals surface area contributed by atoms with Crippen molar-refractivity contribution in [3.8, 4) is 11.8 Å². The summed E-state index contributed by atoms with van der Waals surface area (Å²) in [6, 6.07) is 0. The summed E-state index contributed by atoms with van der Waals surface area (Å²) in [4.78, 5) is 22.2. The van der Waals surface area contributed by atoms with Gasteiger partial charge in [-0.25, -0.2) is 0 Å². The van der Waals surface area contributed by atoms with E-state index in [-0.39, 0.29) is 11.6 Å². The Hall–Kier alpha value is -1.62. The van der Waals surface area contributed by atoms with Crippen molar-refractivity contribution in [1.82, 2.24) is 0 Å². The summed E-state index contributed by atoms with van der Waals surface area (Å²) in [7, 11) is -1.84. The molecule has 146 valence electrons. The highest BCUT2D eigenvalue weighted by molar-refractivity contribution is 6.74. The molecule has 0 unspecified atom stereocenters. The summed E-state index contributed by atoms with van der Waals surface area (Å²) in [5, 5.41) is 0.127. The summed E-state index contributed by atoms with van der Waals surface area (Å²) in [6.07, 6.45) is 1.79. The number of hydrogen-bond donors (Lipinski definition) is 0. The fourth-order valence-electron chi connectivity index (χ4n) is 1.94. The second-order valence-corrected chi connectivity index (χ2v) is 12.5. The van der Waals surface area contributed by atoms with Crippen LogP contribution in [0, 0.1) is 11.8 Å². The minimum absolute atomic E-state index is 0.00370. The van der Waals surface area contributed by atoms with E-state index in [9.17, 15) is 9.59 Å². The Morgan fingerprint density at radius 3 is 2.35 bits per heavy atom. The maximum atomic E-state index is 11.2. The molecule has 0 spiro atoms. The number of ether oxygens (including phenoxy) is 3. The van der Waals surface area contributed by atoms with E-state index in [0.29, 0.717) is 6.61 Å². The number of carbonyl (C=O) groups is 2. The zero-order chi connectivity index (χ0) is 20.0. The molecule has 0 aromatic carbocycles. The average Bonchev–Trinajstić information content (AvgIpc) is 2.49. The highest BCUT2D eigenvalue weighted by Crippen LogP contribution is 2.36. The molecule has 0 aromatic heterocycles. The maximum Gasteiger partial charge on any atom is 0.303 e. The van der Waals surface area contributed by atoms with Crippen LogP contribution in [0.25, 0.3) is 0 Å². The molecule has 3 atom stereocenters. The molecule has 0 fully saturated rings. The maximum absolute atomic E-state index is 11.2. The fourth-order valence-corrected chi connectivity index (χ4v) is 2.81. The van der Waals surface area contributed by atoms with Gasteiger partial charge in [-0.15, -0.1) is 0 Å². The third-order valence-electron chi connectivity index (χ3n) is 4.47. The van der Waals surface area contributed by atoms with Crippen molar-refractivity contribution in [2.45, 2.75) is 71.1 Å². The summed E-state index contributed by atoms with van der Waals surface area (Å²) in [5.74, 6) is 5.14. The second kappa shape index (κ2) is 9.35. The molecule has 1 aliphatic heterocycles. The molecule has 7 heteroatoms. The lowest BCUT2D eigenvalue weighted by atomic mass is 10.1. The molecule has 0 N–H and O–H groups in total. The van der Waals surface area contributed by atoms with Crippen LogP contribution in [0.15, 0.2) is 12.2 Å². The molecule has 0 saturated heterocycles. The Labute approximate surface area is 157 Å². The molecule has 0 radical (unpaired) electrons. The highest BCUT2D eigenvalue weighted by Gasteiger charge is 2.36. The van der Waals surface area contributed by atoms with E-state index < -0.39 is 38.6 Å². The zero-order valence-electron chi connectivity index (χ0n) is 16.8. The Bertz CT molecular complexity index is 593. The molecule has 0 saturated carbocycles. The van der Waals surface area contributed by atoms with Gasteiger partial charge in [-0.05, 0) is 30.3 Å². The molecule has 0 bridgehead atoms. The molecule has 6 nitrogen and oxygen atoms in total. The lowest BCUT2D eigenvalue weighted by Crippen LogP contribution is -2.41. The minimum Gasteiger partial charge on any atom is -0.463 e. The standard InChI is InChI=1S/C19H30O6Si/c1-14(20)22-13-18-17(24-15(2)21)11-10-16(25-18)9-8-12-23-26(6,7)19(3,4)5/h10-11,16-18H,12-13H2,1-7H3/t16-,17+,18-/m1/s1. The zero-order valence-corrected chi connectivity index (χ0v) is 17.8. The minimum atomic E-state index is -1.84. The van der Waals surface area contributed by atoms with Crippen molar-refractivity contribution in [1.29, 1.82) is 0 Å². The van der Waals surface area contributed by atoms with Crippen molar-refractivity contribution in [2.24, 2.45) is 0 Å². The predicted molar refractivity (Wildman–Crippen MR) is 101 cm³/mol. The normalized spacial score (nSPS) is 23.0. The number of esters is 2. The highest BCUT2D eigenvalue weighted by atomic mass is 28.4. The van der Waals surface area contributed by atoms with Crippen molar-refractivity contribution < 1.29 is 28.2 Å². The van der Waals surface area contributed by atoms with Crippen LogP contribution in [0.2, 0.25) is 18.1 Å². The van der Waals surface area contributed by atoms with E-state index in [2.05, 4.69) is 45.7 Å². The summed E-state index contributed by atoms with van der Waals surface area (Å²) in [5.41, 5.74) is 0. The number of hydrogen-bond acceptors (Lipinski definition) is 6. The molecule has 0 aliphatic carbocycles. The smallest absolute Gasteiger partial charge is 0.303 e. The van der Waals surface area contributed by atoms with Gasteiger partial charge in [-0.3, -0.25) is 9.59 Å². The Morgan fingerprint density at radius 1 is 1.15 bits per heavy atom. The second-order valence-electron chi connectivity index (χ2n) is 7.73. The quantitative estimate of drug-likeness (QED) is 0.315. The first kappa shape index (κ1) is 22.4. The van der Waals surface area contributed by atoms with E-state index in [0.717, 1.165) is 0 Å². The van der Waals surface area contributed by atoms with Crippen LogP contribution in [0.4, 0.5) is 0 Å². The SMILES string of the molecule is CC(=O)OC[C@H]1O[C@H](C#CCO[Si](C)(C)C(C)(C)C)C=C[C@@H]1OC(C)=O. The largest absolute Gasteiger partial charge is 0.463 e. The van der Waals surface area contributed by atoms with Crippen molar-refractivity contribution in [3.63, 3.8) is 0 Å². The summed E-state index contributed by atoms with van der Waals surface area (Å²) in [6.45, 7) is 13.8. The van der Waals surface area contributed by atoms with E-state index in [4.69, 9.17) is 18.6 Å². The molecule has 1 aliphatic rings. The van der Waals surface area contributed by atoms with Gasteiger partial charge >= 0.3 is 11.9 Å². The number of rotatable bonds is 5. The van der Waals surface area contributed by atoms with Gasteiger partial charge in [0.25, 0.3) is 0 Å². The summed E-state index contributed by atoms with van der Waals surface area (Å²) < 4.78 is 22.0. The van der Waals surface area contributed by atoms with Crippen LogP contribution in [-0.4, -0.2) is 51.8 Å². The third kappa shape index (κ3) is 7.32. The average molecular weight is 383 g/mol. The Kier molecular flexibility index (Phi) is 8.06. The van der Waals surface area contributed by atoms with Crippen LogP contribution in [0.3, 0.4) is 0 Å². The summed E-state index contributed by atoms with van der Waals surface area (Å²) >= 11 is 0. The lowest BCUT2D eigenvalue weighted by Gasteiger charge is -2.35. The first-order chi connectivity index (χ1) is 11.9. The molecule has 0 amide bonds. The monoisotopic (exact) mass is 382 g/mol. The first-order valence-corrected chi connectivity index (χ1v) is 11.6. The predicted octanol–water partition coefficient (Wildman–Crippen LogP) is 2.83. The van der Waals surface area contributed by atoms with E-state index >= 15 is 0 Å².